The number of tetrazole rings is 1. The number of anilines is 1. The van der Waals surface area contributed by atoms with Gasteiger partial charge in [0.05, 0.1) is 12.6 Å². The van der Waals surface area contributed by atoms with Gasteiger partial charge in [0, 0.05) is 5.56 Å². The van der Waals surface area contributed by atoms with Gasteiger partial charge in [0.25, 0.3) is 11.9 Å². The largest absolute Gasteiger partial charge is 0.491 e. The highest BCUT2D eigenvalue weighted by Gasteiger charge is 2.11. The van der Waals surface area contributed by atoms with Crippen molar-refractivity contribution < 1.29 is 9.53 Å². The molecule has 8 nitrogen and oxygen atoms in total. The second-order valence-corrected chi connectivity index (χ2v) is 6.57. The average molecular weight is 362 g/mol. The van der Waals surface area contributed by atoms with E-state index in [1.807, 2.05) is 13.8 Å². The van der Waals surface area contributed by atoms with Crippen molar-refractivity contribution in [3.05, 3.63) is 29.8 Å². The smallest absolute Gasteiger partial charge is 0.269 e. The molecule has 0 aliphatic carbocycles. The van der Waals surface area contributed by atoms with Crippen LogP contribution in [0.3, 0.4) is 0 Å². The van der Waals surface area contributed by atoms with Crippen LogP contribution in [-0.4, -0.2) is 37.3 Å². The Morgan fingerprint density at radius 2 is 1.92 bits per heavy atom. The Hall–Kier alpha value is -2.55. The van der Waals surface area contributed by atoms with Crippen molar-refractivity contribution in [2.45, 2.75) is 40.3 Å². The highest BCUT2D eigenvalue weighted by Crippen LogP contribution is 2.13. The van der Waals surface area contributed by atoms with Crippen LogP contribution >= 0.6 is 12.2 Å². The molecule has 2 N–H and O–H groups in total. The number of carbonyl (C=O) groups excluding carboxylic acids is 1. The molecule has 2 aromatic rings. The monoisotopic (exact) mass is 362 g/mol. The maximum absolute atomic E-state index is 12.2. The van der Waals surface area contributed by atoms with Crippen LogP contribution in [0.2, 0.25) is 0 Å². The lowest BCUT2D eigenvalue weighted by atomic mass is 10.2. The summed E-state index contributed by atoms with van der Waals surface area (Å²) in [6, 6.07) is 6.83. The Bertz CT molecular complexity index is 726. The predicted molar refractivity (Wildman–Crippen MR) is 98.5 cm³/mol. The minimum absolute atomic E-state index is 0.0769. The molecule has 0 unspecified atom stereocenters. The second kappa shape index (κ2) is 8.52. The van der Waals surface area contributed by atoms with Crippen molar-refractivity contribution >= 4 is 29.2 Å². The molecule has 0 saturated heterocycles. The highest BCUT2D eigenvalue weighted by molar-refractivity contribution is 7.80. The SMILES string of the molecule is CC(C)Cn1nnc(NC(=S)NC(=O)c2ccc(OC(C)C)cc2)n1. The van der Waals surface area contributed by atoms with E-state index < -0.39 is 0 Å². The average Bonchev–Trinajstić information content (AvgIpc) is 2.93. The zero-order valence-electron chi connectivity index (χ0n) is 14.7. The fraction of sp³-hybridized carbons (Fsp3) is 0.438. The molecule has 1 aromatic heterocycles. The lowest BCUT2D eigenvalue weighted by molar-refractivity contribution is 0.0977. The third-order valence-electron chi connectivity index (χ3n) is 2.92. The van der Waals surface area contributed by atoms with Crippen molar-refractivity contribution in [1.29, 1.82) is 0 Å². The molecule has 1 aromatic carbocycles. The highest BCUT2D eigenvalue weighted by atomic mass is 32.1. The summed E-state index contributed by atoms with van der Waals surface area (Å²) in [7, 11) is 0. The molecule has 0 saturated carbocycles. The molecule has 0 fully saturated rings. The molecule has 0 atom stereocenters. The van der Waals surface area contributed by atoms with E-state index in [4.69, 9.17) is 17.0 Å². The number of thiocarbonyl (C=S) groups is 1. The number of hydrogen-bond donors (Lipinski definition) is 2. The first-order chi connectivity index (χ1) is 11.8. The Morgan fingerprint density at radius 1 is 1.24 bits per heavy atom. The number of nitrogens with zero attached hydrogens (tertiary/aromatic N) is 4. The Kier molecular flexibility index (Phi) is 6.40. The molecule has 1 heterocycles. The van der Waals surface area contributed by atoms with Crippen LogP contribution in [0.1, 0.15) is 38.1 Å². The van der Waals surface area contributed by atoms with Gasteiger partial charge in [-0.05, 0) is 61.5 Å². The third kappa shape index (κ3) is 6.11. The fourth-order valence-corrected chi connectivity index (χ4v) is 2.15. The van der Waals surface area contributed by atoms with Crippen molar-refractivity contribution in [3.8, 4) is 5.75 Å². The number of rotatable bonds is 6. The van der Waals surface area contributed by atoms with E-state index in [0.29, 0.717) is 23.8 Å². The molecule has 0 radical (unpaired) electrons. The Balaban J connectivity index is 1.89. The number of amides is 1. The third-order valence-corrected chi connectivity index (χ3v) is 3.13. The van der Waals surface area contributed by atoms with Crippen LogP contribution in [0.25, 0.3) is 0 Å². The molecule has 1 amide bonds. The summed E-state index contributed by atoms with van der Waals surface area (Å²) in [6.45, 7) is 8.64. The van der Waals surface area contributed by atoms with E-state index in [1.54, 1.807) is 24.3 Å². The van der Waals surface area contributed by atoms with Gasteiger partial charge in [0.15, 0.2) is 5.11 Å². The van der Waals surface area contributed by atoms with E-state index in [-0.39, 0.29) is 23.1 Å². The summed E-state index contributed by atoms with van der Waals surface area (Å²) in [5.74, 6) is 1.02. The van der Waals surface area contributed by atoms with Gasteiger partial charge in [-0.1, -0.05) is 18.9 Å². The van der Waals surface area contributed by atoms with Crippen molar-refractivity contribution in [2.75, 3.05) is 5.32 Å². The van der Waals surface area contributed by atoms with Crippen molar-refractivity contribution in [2.24, 2.45) is 5.92 Å². The topological polar surface area (TPSA) is 94.0 Å². The van der Waals surface area contributed by atoms with Gasteiger partial charge in [0.2, 0.25) is 0 Å². The molecule has 9 heteroatoms. The van der Waals surface area contributed by atoms with Crippen LogP contribution < -0.4 is 15.4 Å². The molecule has 25 heavy (non-hydrogen) atoms. The van der Waals surface area contributed by atoms with Gasteiger partial charge < -0.3 is 4.74 Å². The number of carbonyl (C=O) groups is 1. The van der Waals surface area contributed by atoms with Gasteiger partial charge in [-0.25, -0.2) is 0 Å². The second-order valence-electron chi connectivity index (χ2n) is 6.16. The minimum Gasteiger partial charge on any atom is -0.491 e. The zero-order valence-corrected chi connectivity index (χ0v) is 15.5. The molecule has 134 valence electrons. The molecular weight excluding hydrogens is 340 g/mol. The maximum atomic E-state index is 12.2. The maximum Gasteiger partial charge on any atom is 0.269 e. The first-order valence-electron chi connectivity index (χ1n) is 8.00. The summed E-state index contributed by atoms with van der Waals surface area (Å²) in [6.07, 6.45) is 0.0769. The fourth-order valence-electron chi connectivity index (χ4n) is 1.96. The normalized spacial score (nSPS) is 10.8. The molecular formula is C16H22N6O2S. The molecule has 0 aliphatic rings. The lowest BCUT2D eigenvalue weighted by Crippen LogP contribution is -2.34. The van der Waals surface area contributed by atoms with Crippen LogP contribution in [0, 0.1) is 5.92 Å². The van der Waals surface area contributed by atoms with Crippen LogP contribution in [0.4, 0.5) is 5.95 Å². The van der Waals surface area contributed by atoms with Crippen LogP contribution in [-0.2, 0) is 6.54 Å². The van der Waals surface area contributed by atoms with E-state index in [9.17, 15) is 4.79 Å². The van der Waals surface area contributed by atoms with Crippen LogP contribution in [0.15, 0.2) is 24.3 Å². The quantitative estimate of drug-likeness (QED) is 0.761. The summed E-state index contributed by atoms with van der Waals surface area (Å²) in [4.78, 5) is 13.7. The summed E-state index contributed by atoms with van der Waals surface area (Å²) in [5.41, 5.74) is 0.469. The summed E-state index contributed by atoms with van der Waals surface area (Å²) >= 11 is 5.11. The molecule has 0 aliphatic heterocycles. The van der Waals surface area contributed by atoms with Crippen molar-refractivity contribution in [1.82, 2.24) is 25.5 Å². The minimum atomic E-state index is -0.330. The summed E-state index contributed by atoms with van der Waals surface area (Å²) in [5, 5.41) is 17.3. The number of nitrogens with one attached hydrogen (secondary N) is 2. The molecule has 2 rings (SSSR count). The number of aromatic nitrogens is 4. The number of hydrogen-bond acceptors (Lipinski definition) is 6. The van der Waals surface area contributed by atoms with Gasteiger partial charge in [-0.2, -0.15) is 4.80 Å². The summed E-state index contributed by atoms with van der Waals surface area (Å²) < 4.78 is 5.54. The molecule has 0 spiro atoms. The van der Waals surface area contributed by atoms with Gasteiger partial charge in [0.1, 0.15) is 5.75 Å². The number of ether oxygens (including phenoxy) is 1. The predicted octanol–water partition coefficient (Wildman–Crippen LogP) is 2.24. The number of benzene rings is 1. The Morgan fingerprint density at radius 3 is 2.52 bits per heavy atom. The first-order valence-corrected chi connectivity index (χ1v) is 8.41. The standard InChI is InChI=1S/C16H22N6O2S/c1-10(2)9-22-20-15(19-21-22)18-16(25)17-14(23)12-5-7-13(8-6-12)24-11(3)4/h5-8,10-11H,9H2,1-4H3,(H2,17,18,20,23,25). The van der Waals surface area contributed by atoms with E-state index in [1.165, 1.54) is 4.80 Å². The van der Waals surface area contributed by atoms with Crippen LogP contribution in [0.5, 0.6) is 5.75 Å². The zero-order chi connectivity index (χ0) is 18.4. The van der Waals surface area contributed by atoms with Crippen molar-refractivity contribution in [3.63, 3.8) is 0 Å². The van der Waals surface area contributed by atoms with E-state index >= 15 is 0 Å². The van der Waals surface area contributed by atoms with Gasteiger partial charge >= 0.3 is 0 Å². The van der Waals surface area contributed by atoms with E-state index in [2.05, 4.69) is 39.9 Å². The van der Waals surface area contributed by atoms with Gasteiger partial charge in [-0.3, -0.25) is 15.4 Å². The first kappa shape index (κ1) is 18.8. The Labute approximate surface area is 151 Å². The van der Waals surface area contributed by atoms with E-state index in [0.717, 1.165) is 0 Å². The van der Waals surface area contributed by atoms with Gasteiger partial charge in [-0.15, -0.1) is 5.10 Å². The lowest BCUT2D eigenvalue weighted by Gasteiger charge is -2.10. The molecule has 0 bridgehead atoms.